The van der Waals surface area contributed by atoms with E-state index in [4.69, 9.17) is 11.5 Å². The van der Waals surface area contributed by atoms with Gasteiger partial charge in [-0.3, -0.25) is 14.3 Å². The number of urea groups is 1. The average Bonchev–Trinajstić information content (AvgIpc) is 2.20. The van der Waals surface area contributed by atoms with Gasteiger partial charge in [-0.2, -0.15) is 0 Å². The van der Waals surface area contributed by atoms with E-state index in [2.05, 4.69) is 0 Å². The lowest BCUT2D eigenvalue weighted by atomic mass is 10.2. The number of carbonyl (C=O) groups is 2. The Morgan fingerprint density at radius 3 is 2.65 bits per heavy atom. The summed E-state index contributed by atoms with van der Waals surface area (Å²) in [6.45, 7) is 1.78. The number of hydrogen-bond acceptors (Lipinski definition) is 4. The highest BCUT2D eigenvalue weighted by Crippen LogP contribution is 2.20. The van der Waals surface area contributed by atoms with Crippen LogP contribution < -0.4 is 16.8 Å². The molecule has 17 heavy (non-hydrogen) atoms. The van der Waals surface area contributed by atoms with Crippen LogP contribution in [0, 0.1) is 6.92 Å². The summed E-state index contributed by atoms with van der Waals surface area (Å²) in [5.74, 6) is -1.05. The molecular weight excluding hydrogens is 242 g/mol. The number of rotatable bonds is 3. The highest BCUT2D eigenvalue weighted by molar-refractivity contribution is 7.86. The summed E-state index contributed by atoms with van der Waals surface area (Å²) in [7, 11) is -1.60. The van der Waals surface area contributed by atoms with Crippen LogP contribution in [-0.4, -0.2) is 21.9 Å². The van der Waals surface area contributed by atoms with Gasteiger partial charge in [0.15, 0.2) is 0 Å². The molecule has 0 aromatic heterocycles. The Kier molecular flexibility index (Phi) is 4.22. The zero-order valence-electron chi connectivity index (χ0n) is 9.23. The molecule has 1 atom stereocenters. The quantitative estimate of drug-likeness (QED) is 0.653. The van der Waals surface area contributed by atoms with Gasteiger partial charge in [-0.05, 0) is 18.6 Å². The van der Waals surface area contributed by atoms with Crippen molar-refractivity contribution in [2.24, 2.45) is 5.73 Å². The minimum atomic E-state index is -1.60. The van der Waals surface area contributed by atoms with E-state index in [0.29, 0.717) is 10.6 Å². The number of aryl methyl sites for hydroxylation is 1. The molecule has 7 heteroatoms. The molecular formula is C10H13N3O3S. The van der Waals surface area contributed by atoms with E-state index in [0.717, 1.165) is 5.56 Å². The number of nitrogen functional groups attached to an aromatic ring is 1. The summed E-state index contributed by atoms with van der Waals surface area (Å²) in [5, 5.41) is 1.84. The predicted octanol–water partition coefficient (Wildman–Crippen LogP) is -0.120. The number of imide groups is 1. The van der Waals surface area contributed by atoms with Crippen LogP contribution in [0.3, 0.4) is 0 Å². The summed E-state index contributed by atoms with van der Waals surface area (Å²) in [6, 6.07) is 4.09. The SMILES string of the molecule is Cc1cccc(S(=O)CC(=O)NC(N)=O)c1N. The summed E-state index contributed by atoms with van der Waals surface area (Å²) in [5.41, 5.74) is 11.7. The smallest absolute Gasteiger partial charge is 0.318 e. The second-order valence-electron chi connectivity index (χ2n) is 3.39. The van der Waals surface area contributed by atoms with Crippen molar-refractivity contribution in [3.8, 4) is 0 Å². The summed E-state index contributed by atoms with van der Waals surface area (Å²) in [4.78, 5) is 22.0. The van der Waals surface area contributed by atoms with E-state index >= 15 is 0 Å². The molecule has 92 valence electrons. The van der Waals surface area contributed by atoms with Crippen LogP contribution in [-0.2, 0) is 15.6 Å². The third-order valence-corrected chi connectivity index (χ3v) is 3.43. The lowest BCUT2D eigenvalue weighted by Gasteiger charge is -2.07. The van der Waals surface area contributed by atoms with Crippen molar-refractivity contribution in [1.82, 2.24) is 5.32 Å². The van der Waals surface area contributed by atoms with E-state index < -0.39 is 22.7 Å². The van der Waals surface area contributed by atoms with E-state index in [1.165, 1.54) is 0 Å². The van der Waals surface area contributed by atoms with Crippen molar-refractivity contribution in [3.05, 3.63) is 23.8 Å². The Hall–Kier alpha value is -1.89. The van der Waals surface area contributed by atoms with Crippen LogP contribution in [0.25, 0.3) is 0 Å². The van der Waals surface area contributed by atoms with Crippen molar-refractivity contribution in [3.63, 3.8) is 0 Å². The number of benzene rings is 1. The third-order valence-electron chi connectivity index (χ3n) is 2.05. The van der Waals surface area contributed by atoms with E-state index in [1.807, 2.05) is 5.32 Å². The molecule has 0 aliphatic carbocycles. The fourth-order valence-electron chi connectivity index (χ4n) is 1.22. The molecule has 0 radical (unpaired) electrons. The molecule has 0 aliphatic rings. The van der Waals surface area contributed by atoms with Crippen molar-refractivity contribution < 1.29 is 13.8 Å². The maximum atomic E-state index is 11.8. The number of nitrogens with two attached hydrogens (primary N) is 2. The number of nitrogens with one attached hydrogen (secondary N) is 1. The van der Waals surface area contributed by atoms with Gasteiger partial charge in [0, 0.05) is 0 Å². The fraction of sp³-hybridized carbons (Fsp3) is 0.200. The topological polar surface area (TPSA) is 115 Å². The zero-order valence-corrected chi connectivity index (χ0v) is 10.0. The van der Waals surface area contributed by atoms with Gasteiger partial charge in [0.1, 0.15) is 5.75 Å². The minimum absolute atomic E-state index is 0.351. The molecule has 1 rings (SSSR count). The van der Waals surface area contributed by atoms with Crippen LogP contribution in [0.4, 0.5) is 10.5 Å². The van der Waals surface area contributed by atoms with Crippen LogP contribution in [0.1, 0.15) is 5.56 Å². The molecule has 0 spiro atoms. The first kappa shape index (κ1) is 13.2. The Labute approximate surface area is 101 Å². The van der Waals surface area contributed by atoms with E-state index in [-0.39, 0.29) is 5.75 Å². The highest BCUT2D eigenvalue weighted by atomic mass is 32.2. The second kappa shape index (κ2) is 5.44. The lowest BCUT2D eigenvalue weighted by Crippen LogP contribution is -2.37. The monoisotopic (exact) mass is 255 g/mol. The molecule has 0 aliphatic heterocycles. The highest BCUT2D eigenvalue weighted by Gasteiger charge is 2.14. The predicted molar refractivity (Wildman–Crippen MR) is 64.6 cm³/mol. The van der Waals surface area contributed by atoms with Crippen molar-refractivity contribution in [2.75, 3.05) is 11.5 Å². The molecule has 1 aromatic carbocycles. The van der Waals surface area contributed by atoms with Gasteiger partial charge in [0.2, 0.25) is 5.91 Å². The lowest BCUT2D eigenvalue weighted by molar-refractivity contribution is -0.117. The molecule has 0 heterocycles. The summed E-state index contributed by atoms with van der Waals surface area (Å²) < 4.78 is 11.8. The van der Waals surface area contributed by atoms with Crippen molar-refractivity contribution in [1.29, 1.82) is 0 Å². The number of para-hydroxylation sites is 1. The molecule has 6 nitrogen and oxygen atoms in total. The first-order chi connectivity index (χ1) is 7.91. The number of primary amides is 1. The van der Waals surface area contributed by atoms with Gasteiger partial charge < -0.3 is 11.5 Å². The number of hydrogen-bond donors (Lipinski definition) is 3. The zero-order chi connectivity index (χ0) is 13.0. The molecule has 1 aromatic rings. The van der Waals surface area contributed by atoms with Gasteiger partial charge in [-0.25, -0.2) is 4.79 Å². The molecule has 5 N–H and O–H groups in total. The van der Waals surface area contributed by atoms with Crippen LogP contribution >= 0.6 is 0 Å². The molecule has 1 unspecified atom stereocenters. The van der Waals surface area contributed by atoms with E-state index in [1.54, 1.807) is 25.1 Å². The van der Waals surface area contributed by atoms with E-state index in [9.17, 15) is 13.8 Å². The standard InChI is InChI=1S/C10H13N3O3S/c1-6-3-2-4-7(9(6)11)17(16)5-8(14)13-10(12)15/h2-4H,5,11H2,1H3,(H3,12,13,14,15). The normalized spacial score (nSPS) is 11.8. The summed E-state index contributed by atoms with van der Waals surface area (Å²) >= 11 is 0. The summed E-state index contributed by atoms with van der Waals surface area (Å²) in [6.07, 6.45) is 0. The van der Waals surface area contributed by atoms with Gasteiger partial charge in [0.05, 0.1) is 21.4 Å². The van der Waals surface area contributed by atoms with Crippen LogP contribution in [0.15, 0.2) is 23.1 Å². The van der Waals surface area contributed by atoms with Gasteiger partial charge >= 0.3 is 6.03 Å². The van der Waals surface area contributed by atoms with Crippen LogP contribution in [0.2, 0.25) is 0 Å². The van der Waals surface area contributed by atoms with Crippen molar-refractivity contribution >= 4 is 28.4 Å². The largest absolute Gasteiger partial charge is 0.398 e. The average molecular weight is 255 g/mol. The number of carbonyl (C=O) groups excluding carboxylic acids is 2. The molecule has 0 saturated carbocycles. The number of anilines is 1. The minimum Gasteiger partial charge on any atom is -0.398 e. The third kappa shape index (κ3) is 3.56. The van der Waals surface area contributed by atoms with Gasteiger partial charge in [-0.15, -0.1) is 0 Å². The second-order valence-corrected chi connectivity index (χ2v) is 4.81. The molecule has 3 amide bonds. The first-order valence-electron chi connectivity index (χ1n) is 4.74. The van der Waals surface area contributed by atoms with Gasteiger partial charge in [-0.1, -0.05) is 12.1 Å². The first-order valence-corrected chi connectivity index (χ1v) is 6.06. The maximum Gasteiger partial charge on any atom is 0.318 e. The molecule has 0 bridgehead atoms. The Morgan fingerprint density at radius 1 is 1.41 bits per heavy atom. The Balaban J connectivity index is 2.80. The molecule has 0 saturated heterocycles. The Bertz CT molecular complexity index is 488. The molecule has 0 fully saturated rings. The van der Waals surface area contributed by atoms with Crippen molar-refractivity contribution in [2.45, 2.75) is 11.8 Å². The van der Waals surface area contributed by atoms with Crippen LogP contribution in [0.5, 0.6) is 0 Å². The Morgan fingerprint density at radius 2 is 2.06 bits per heavy atom. The maximum absolute atomic E-state index is 11.8. The fourth-order valence-corrected chi connectivity index (χ4v) is 2.32. The van der Waals surface area contributed by atoms with Gasteiger partial charge in [0.25, 0.3) is 0 Å². The number of amides is 3.